The first kappa shape index (κ1) is 12.0. The number of hydrogen-bond donors (Lipinski definition) is 0. The number of hydrogen-bond acceptors (Lipinski definition) is 3. The van der Waals surface area contributed by atoms with Crippen LogP contribution in [-0.4, -0.2) is 38.5 Å². The zero-order valence-electron chi connectivity index (χ0n) is 11.4. The summed E-state index contributed by atoms with van der Waals surface area (Å²) < 4.78 is 10.8. The van der Waals surface area contributed by atoms with Gasteiger partial charge in [0.05, 0.1) is 25.4 Å². The summed E-state index contributed by atoms with van der Waals surface area (Å²) in [5.41, 5.74) is 5.41. The molecule has 0 aliphatic carbocycles. The van der Waals surface area contributed by atoms with E-state index in [9.17, 15) is 0 Å². The number of aryl methyl sites for hydroxylation is 3. The van der Waals surface area contributed by atoms with Crippen LogP contribution in [0.2, 0.25) is 0 Å². The molecule has 0 amide bonds. The molecule has 1 aromatic rings. The van der Waals surface area contributed by atoms with E-state index in [-0.39, 0.29) is 0 Å². The van der Waals surface area contributed by atoms with Crippen molar-refractivity contribution in [2.45, 2.75) is 33.0 Å². The largest absolute Gasteiger partial charge is 0.371 e. The monoisotopic (exact) mass is 247 g/mol. The van der Waals surface area contributed by atoms with Gasteiger partial charge in [-0.3, -0.25) is 0 Å². The Hall–Kier alpha value is -1.06. The summed E-state index contributed by atoms with van der Waals surface area (Å²) in [4.78, 5) is 2.44. The van der Waals surface area contributed by atoms with Crippen LogP contribution < -0.4 is 4.90 Å². The van der Waals surface area contributed by atoms with Gasteiger partial charge in [-0.2, -0.15) is 0 Å². The molecule has 98 valence electrons. The average molecular weight is 247 g/mol. The van der Waals surface area contributed by atoms with Crippen LogP contribution >= 0.6 is 0 Å². The number of anilines is 1. The first-order valence-corrected chi connectivity index (χ1v) is 6.69. The van der Waals surface area contributed by atoms with E-state index in [1.807, 2.05) is 0 Å². The second kappa shape index (κ2) is 4.56. The van der Waals surface area contributed by atoms with Crippen LogP contribution in [0.25, 0.3) is 0 Å². The van der Waals surface area contributed by atoms with E-state index in [0.717, 1.165) is 26.3 Å². The molecule has 0 N–H and O–H groups in total. The molecule has 0 saturated carbocycles. The molecular formula is C15H21NO2. The molecule has 0 bridgehead atoms. The average Bonchev–Trinajstić information content (AvgIpc) is 3.10. The second-order valence-electron chi connectivity index (χ2n) is 5.56. The van der Waals surface area contributed by atoms with Gasteiger partial charge in [0.1, 0.15) is 0 Å². The molecule has 3 rings (SSSR count). The first-order valence-electron chi connectivity index (χ1n) is 6.69. The summed E-state index contributed by atoms with van der Waals surface area (Å²) in [5, 5.41) is 0. The number of ether oxygens (including phenoxy) is 2. The normalized spacial score (nSPS) is 25.1. The van der Waals surface area contributed by atoms with Crippen molar-refractivity contribution in [2.24, 2.45) is 0 Å². The Balaban J connectivity index is 1.86. The van der Waals surface area contributed by atoms with Gasteiger partial charge in [-0.15, -0.1) is 0 Å². The number of nitrogens with zero attached hydrogens (tertiary/aromatic N) is 1. The van der Waals surface area contributed by atoms with Crippen LogP contribution in [0.15, 0.2) is 12.1 Å². The summed E-state index contributed by atoms with van der Waals surface area (Å²) in [6, 6.07) is 4.52. The second-order valence-corrected chi connectivity index (χ2v) is 5.56. The van der Waals surface area contributed by atoms with Gasteiger partial charge in [-0.1, -0.05) is 17.7 Å². The summed E-state index contributed by atoms with van der Waals surface area (Å²) in [7, 11) is 0. The Morgan fingerprint density at radius 3 is 1.83 bits per heavy atom. The fourth-order valence-electron chi connectivity index (χ4n) is 2.77. The minimum Gasteiger partial charge on any atom is -0.371 e. The van der Waals surface area contributed by atoms with Crippen molar-refractivity contribution >= 4 is 5.69 Å². The van der Waals surface area contributed by atoms with Crippen molar-refractivity contribution in [1.82, 2.24) is 0 Å². The third-order valence-electron chi connectivity index (χ3n) is 3.60. The van der Waals surface area contributed by atoms with Crippen molar-refractivity contribution in [3.8, 4) is 0 Å². The maximum Gasteiger partial charge on any atom is 0.0984 e. The van der Waals surface area contributed by atoms with Crippen LogP contribution in [0.5, 0.6) is 0 Å². The highest BCUT2D eigenvalue weighted by Gasteiger charge is 2.31. The van der Waals surface area contributed by atoms with E-state index in [4.69, 9.17) is 9.47 Å². The first-order chi connectivity index (χ1) is 8.63. The minimum atomic E-state index is 0.420. The van der Waals surface area contributed by atoms with E-state index >= 15 is 0 Å². The number of rotatable bonds is 5. The van der Waals surface area contributed by atoms with E-state index in [1.165, 1.54) is 22.4 Å². The highest BCUT2D eigenvalue weighted by molar-refractivity contribution is 5.60. The Morgan fingerprint density at radius 1 is 1.00 bits per heavy atom. The summed E-state index contributed by atoms with van der Waals surface area (Å²) >= 11 is 0. The molecule has 18 heavy (non-hydrogen) atoms. The van der Waals surface area contributed by atoms with Crippen molar-refractivity contribution < 1.29 is 9.47 Å². The molecule has 2 saturated heterocycles. The van der Waals surface area contributed by atoms with E-state index in [1.54, 1.807) is 0 Å². The number of epoxide rings is 2. The van der Waals surface area contributed by atoms with Crippen LogP contribution in [0.3, 0.4) is 0 Å². The smallest absolute Gasteiger partial charge is 0.0984 e. The lowest BCUT2D eigenvalue weighted by Gasteiger charge is -2.27. The Labute approximate surface area is 109 Å². The molecule has 2 heterocycles. The predicted molar refractivity (Wildman–Crippen MR) is 72.3 cm³/mol. The summed E-state index contributed by atoms with van der Waals surface area (Å²) in [6.45, 7) is 10.4. The molecular weight excluding hydrogens is 226 g/mol. The molecule has 0 radical (unpaired) electrons. The fraction of sp³-hybridized carbons (Fsp3) is 0.600. The van der Waals surface area contributed by atoms with Crippen LogP contribution in [-0.2, 0) is 9.47 Å². The zero-order chi connectivity index (χ0) is 12.7. The van der Waals surface area contributed by atoms with Crippen molar-refractivity contribution in [3.05, 3.63) is 28.8 Å². The molecule has 0 spiro atoms. The van der Waals surface area contributed by atoms with Gasteiger partial charge in [0.25, 0.3) is 0 Å². The summed E-state index contributed by atoms with van der Waals surface area (Å²) in [5.74, 6) is 0. The van der Waals surface area contributed by atoms with Gasteiger partial charge >= 0.3 is 0 Å². The third-order valence-corrected chi connectivity index (χ3v) is 3.60. The van der Waals surface area contributed by atoms with Crippen LogP contribution in [0.4, 0.5) is 5.69 Å². The maximum absolute atomic E-state index is 5.38. The minimum absolute atomic E-state index is 0.420. The lowest BCUT2D eigenvalue weighted by molar-refractivity contribution is 0.389. The molecule has 3 heteroatoms. The summed E-state index contributed by atoms with van der Waals surface area (Å²) in [6.07, 6.45) is 0.840. The standard InChI is InChI=1S/C15H21NO2/c1-10-4-11(2)15(12(3)5-10)16(6-13-8-17-13)7-14-9-18-14/h4-5,13-14H,6-9H2,1-3H3. The van der Waals surface area contributed by atoms with E-state index in [0.29, 0.717) is 12.2 Å². The third kappa shape index (κ3) is 2.68. The molecule has 2 fully saturated rings. The van der Waals surface area contributed by atoms with Gasteiger partial charge in [0, 0.05) is 18.8 Å². The van der Waals surface area contributed by atoms with Crippen LogP contribution in [0.1, 0.15) is 16.7 Å². The molecule has 2 atom stereocenters. The Kier molecular flexibility index (Phi) is 3.04. The Bertz CT molecular complexity index is 413. The van der Waals surface area contributed by atoms with Gasteiger partial charge in [0.2, 0.25) is 0 Å². The van der Waals surface area contributed by atoms with Gasteiger partial charge in [0.15, 0.2) is 0 Å². The Morgan fingerprint density at radius 2 is 1.44 bits per heavy atom. The molecule has 2 unspecified atom stereocenters. The fourth-order valence-corrected chi connectivity index (χ4v) is 2.77. The molecule has 2 aliphatic rings. The SMILES string of the molecule is Cc1cc(C)c(N(CC2CO2)CC2CO2)c(C)c1. The van der Waals surface area contributed by atoms with Crippen LogP contribution in [0, 0.1) is 20.8 Å². The maximum atomic E-state index is 5.38. The predicted octanol–water partition coefficient (Wildman–Crippen LogP) is 2.22. The molecule has 3 nitrogen and oxygen atoms in total. The van der Waals surface area contributed by atoms with Gasteiger partial charge < -0.3 is 14.4 Å². The molecule has 0 aromatic heterocycles. The quantitative estimate of drug-likeness (QED) is 0.747. The zero-order valence-corrected chi connectivity index (χ0v) is 11.4. The highest BCUT2D eigenvalue weighted by atomic mass is 16.6. The highest BCUT2D eigenvalue weighted by Crippen LogP contribution is 2.29. The van der Waals surface area contributed by atoms with Gasteiger partial charge in [-0.25, -0.2) is 0 Å². The molecule has 2 aliphatic heterocycles. The lowest BCUT2D eigenvalue weighted by Crippen LogP contribution is -2.32. The van der Waals surface area contributed by atoms with Gasteiger partial charge in [-0.05, 0) is 31.9 Å². The van der Waals surface area contributed by atoms with Crippen molar-refractivity contribution in [1.29, 1.82) is 0 Å². The van der Waals surface area contributed by atoms with Crippen molar-refractivity contribution in [2.75, 3.05) is 31.2 Å². The number of benzene rings is 1. The lowest BCUT2D eigenvalue weighted by atomic mass is 10.0. The topological polar surface area (TPSA) is 28.3 Å². The van der Waals surface area contributed by atoms with E-state index < -0.39 is 0 Å². The van der Waals surface area contributed by atoms with E-state index in [2.05, 4.69) is 37.8 Å². The molecule has 1 aromatic carbocycles. The van der Waals surface area contributed by atoms with Crippen molar-refractivity contribution in [3.63, 3.8) is 0 Å².